The van der Waals surface area contributed by atoms with E-state index in [4.69, 9.17) is 0 Å². The van der Waals surface area contributed by atoms with E-state index >= 15 is 0 Å². The van der Waals surface area contributed by atoms with Gasteiger partial charge in [-0.3, -0.25) is 4.79 Å². The lowest BCUT2D eigenvalue weighted by molar-refractivity contribution is 0.0951. The fourth-order valence-corrected chi connectivity index (χ4v) is 2.10. The largest absolute Gasteiger partial charge is 0.368 e. The van der Waals surface area contributed by atoms with Crippen LogP contribution in [0.5, 0.6) is 0 Å². The minimum atomic E-state index is -0.446. The van der Waals surface area contributed by atoms with Crippen molar-refractivity contribution in [2.24, 2.45) is 0 Å². The lowest BCUT2D eigenvalue weighted by atomic mass is 9.89. The molecule has 3 nitrogen and oxygen atoms in total. The minimum absolute atomic E-state index is 0.0122. The first-order chi connectivity index (χ1) is 7.32. The lowest BCUT2D eigenvalue weighted by Gasteiger charge is -2.25. The van der Waals surface area contributed by atoms with Crippen molar-refractivity contribution in [1.82, 2.24) is 10.6 Å². The average Bonchev–Trinajstić information content (AvgIpc) is 2.55. The van der Waals surface area contributed by atoms with Crippen LogP contribution in [0.4, 0.5) is 0 Å². The number of hydrogen-bond acceptors (Lipinski definition) is 2. The first-order valence-electron chi connectivity index (χ1n) is 4.85. The van der Waals surface area contributed by atoms with Crippen LogP contribution in [0.3, 0.4) is 0 Å². The standard InChI is InChI=1S/C12H10N2O/c15-11-9-3-1-2-4-10(9)12(14-11)5-7-13-8-6-12/h1-8,13H,(H,14,15). The zero-order valence-electron chi connectivity index (χ0n) is 8.03. The third kappa shape index (κ3) is 1.03. The molecule has 3 rings (SSSR count). The topological polar surface area (TPSA) is 41.1 Å². The van der Waals surface area contributed by atoms with Gasteiger partial charge in [-0.05, 0) is 36.2 Å². The molecule has 0 atom stereocenters. The summed E-state index contributed by atoms with van der Waals surface area (Å²) in [6, 6.07) is 7.66. The molecule has 1 spiro atoms. The highest BCUT2D eigenvalue weighted by Gasteiger charge is 2.39. The van der Waals surface area contributed by atoms with Crippen LogP contribution in [0, 0.1) is 0 Å². The number of carbonyl (C=O) groups is 1. The quantitative estimate of drug-likeness (QED) is 0.658. The fourth-order valence-electron chi connectivity index (χ4n) is 2.10. The van der Waals surface area contributed by atoms with Crippen molar-refractivity contribution in [2.45, 2.75) is 5.54 Å². The van der Waals surface area contributed by atoms with E-state index < -0.39 is 5.54 Å². The van der Waals surface area contributed by atoms with Crippen molar-refractivity contribution < 1.29 is 4.79 Å². The second kappa shape index (κ2) is 2.73. The molecule has 0 fully saturated rings. The van der Waals surface area contributed by atoms with Gasteiger partial charge in [0, 0.05) is 5.56 Å². The Morgan fingerprint density at radius 1 is 1.07 bits per heavy atom. The first kappa shape index (κ1) is 8.29. The summed E-state index contributed by atoms with van der Waals surface area (Å²) in [6.07, 6.45) is 7.58. The maximum absolute atomic E-state index is 11.7. The maximum Gasteiger partial charge on any atom is 0.252 e. The van der Waals surface area contributed by atoms with Gasteiger partial charge in [-0.2, -0.15) is 0 Å². The molecule has 0 aromatic heterocycles. The predicted molar refractivity (Wildman–Crippen MR) is 57.0 cm³/mol. The van der Waals surface area contributed by atoms with Crippen LogP contribution in [-0.2, 0) is 5.54 Å². The van der Waals surface area contributed by atoms with Crippen LogP contribution in [0.25, 0.3) is 0 Å². The van der Waals surface area contributed by atoms with E-state index in [9.17, 15) is 4.79 Å². The van der Waals surface area contributed by atoms with Crippen LogP contribution >= 0.6 is 0 Å². The predicted octanol–water partition coefficient (Wildman–Crippen LogP) is 1.26. The molecule has 74 valence electrons. The Kier molecular flexibility index (Phi) is 1.51. The Bertz CT molecular complexity index is 476. The molecule has 0 saturated carbocycles. The van der Waals surface area contributed by atoms with Crippen LogP contribution in [0.1, 0.15) is 15.9 Å². The molecule has 0 radical (unpaired) electrons. The Labute approximate surface area is 87.5 Å². The first-order valence-corrected chi connectivity index (χ1v) is 4.85. The van der Waals surface area contributed by atoms with Gasteiger partial charge in [0.2, 0.25) is 0 Å². The van der Waals surface area contributed by atoms with Gasteiger partial charge in [-0.15, -0.1) is 0 Å². The summed E-state index contributed by atoms with van der Waals surface area (Å²) in [5.74, 6) is -0.0122. The van der Waals surface area contributed by atoms with Crippen LogP contribution in [0.15, 0.2) is 48.8 Å². The Balaban J connectivity index is 2.23. The number of dihydropyridines is 1. The molecule has 15 heavy (non-hydrogen) atoms. The molecule has 1 aromatic carbocycles. The third-order valence-electron chi connectivity index (χ3n) is 2.82. The summed E-state index contributed by atoms with van der Waals surface area (Å²) < 4.78 is 0. The van der Waals surface area contributed by atoms with Crippen LogP contribution in [-0.4, -0.2) is 5.91 Å². The molecule has 1 aromatic rings. The van der Waals surface area contributed by atoms with Gasteiger partial charge < -0.3 is 10.6 Å². The van der Waals surface area contributed by atoms with Gasteiger partial charge in [-0.1, -0.05) is 18.2 Å². The second-order valence-corrected chi connectivity index (χ2v) is 3.70. The van der Waals surface area contributed by atoms with Crippen molar-refractivity contribution in [2.75, 3.05) is 0 Å². The van der Waals surface area contributed by atoms with E-state index in [0.29, 0.717) is 0 Å². The van der Waals surface area contributed by atoms with E-state index in [0.717, 1.165) is 11.1 Å². The van der Waals surface area contributed by atoms with Gasteiger partial charge in [0.1, 0.15) is 5.54 Å². The normalized spacial score (nSPS) is 19.9. The number of fused-ring (bicyclic) bond motifs is 2. The molecule has 0 saturated heterocycles. The highest BCUT2D eigenvalue weighted by Crippen LogP contribution is 2.34. The second-order valence-electron chi connectivity index (χ2n) is 3.70. The number of benzene rings is 1. The molecule has 0 bridgehead atoms. The highest BCUT2D eigenvalue weighted by atomic mass is 16.2. The number of amides is 1. The van der Waals surface area contributed by atoms with Crippen molar-refractivity contribution in [3.8, 4) is 0 Å². The molecule has 2 heterocycles. The van der Waals surface area contributed by atoms with E-state index in [2.05, 4.69) is 10.6 Å². The SMILES string of the molecule is O=C1NC2(C=CNC=C2)c2ccccc21. The molecule has 3 heteroatoms. The monoisotopic (exact) mass is 198 g/mol. The molecule has 0 aliphatic carbocycles. The summed E-state index contributed by atoms with van der Waals surface area (Å²) in [7, 11) is 0. The smallest absolute Gasteiger partial charge is 0.252 e. The fraction of sp³-hybridized carbons (Fsp3) is 0.0833. The summed E-state index contributed by atoms with van der Waals surface area (Å²) in [5.41, 5.74) is 1.33. The summed E-state index contributed by atoms with van der Waals surface area (Å²) in [5, 5.41) is 5.95. The molecule has 2 aliphatic heterocycles. The van der Waals surface area contributed by atoms with E-state index in [-0.39, 0.29) is 5.91 Å². The van der Waals surface area contributed by atoms with Crippen LogP contribution in [0.2, 0.25) is 0 Å². The molecule has 1 amide bonds. The molecular formula is C12H10N2O. The zero-order chi connectivity index (χ0) is 10.3. The highest BCUT2D eigenvalue weighted by molar-refractivity contribution is 6.00. The maximum atomic E-state index is 11.7. The van der Waals surface area contributed by atoms with E-state index in [1.54, 1.807) is 0 Å². The summed E-state index contributed by atoms with van der Waals surface area (Å²) >= 11 is 0. The van der Waals surface area contributed by atoms with Gasteiger partial charge in [0.15, 0.2) is 0 Å². The minimum Gasteiger partial charge on any atom is -0.368 e. The Hall–Kier alpha value is -2.03. The number of hydrogen-bond donors (Lipinski definition) is 2. The summed E-state index contributed by atoms with van der Waals surface area (Å²) in [4.78, 5) is 11.7. The summed E-state index contributed by atoms with van der Waals surface area (Å²) in [6.45, 7) is 0. The Morgan fingerprint density at radius 2 is 1.80 bits per heavy atom. The zero-order valence-corrected chi connectivity index (χ0v) is 8.03. The Morgan fingerprint density at radius 3 is 2.60 bits per heavy atom. The van der Waals surface area contributed by atoms with Crippen molar-refractivity contribution in [1.29, 1.82) is 0 Å². The van der Waals surface area contributed by atoms with Crippen molar-refractivity contribution in [3.05, 3.63) is 59.9 Å². The van der Waals surface area contributed by atoms with Crippen LogP contribution < -0.4 is 10.6 Å². The third-order valence-corrected chi connectivity index (χ3v) is 2.82. The average molecular weight is 198 g/mol. The van der Waals surface area contributed by atoms with Crippen molar-refractivity contribution in [3.63, 3.8) is 0 Å². The van der Waals surface area contributed by atoms with Gasteiger partial charge in [0.05, 0.1) is 0 Å². The van der Waals surface area contributed by atoms with Gasteiger partial charge >= 0.3 is 0 Å². The number of nitrogens with one attached hydrogen (secondary N) is 2. The number of rotatable bonds is 0. The van der Waals surface area contributed by atoms with Gasteiger partial charge in [-0.25, -0.2) is 0 Å². The van der Waals surface area contributed by atoms with E-state index in [1.807, 2.05) is 48.8 Å². The lowest BCUT2D eigenvalue weighted by Crippen LogP contribution is -2.37. The molecular weight excluding hydrogens is 188 g/mol. The molecule has 2 N–H and O–H groups in total. The van der Waals surface area contributed by atoms with Crippen molar-refractivity contribution >= 4 is 5.91 Å². The molecule has 0 unspecified atom stereocenters. The van der Waals surface area contributed by atoms with E-state index in [1.165, 1.54) is 0 Å². The van der Waals surface area contributed by atoms with Gasteiger partial charge in [0.25, 0.3) is 5.91 Å². The number of carbonyl (C=O) groups excluding carboxylic acids is 1. The molecule has 2 aliphatic rings.